The summed E-state index contributed by atoms with van der Waals surface area (Å²) in [6.45, 7) is 7.17. The van der Waals surface area contributed by atoms with Crippen LogP contribution in [0, 0.1) is 12.8 Å². The lowest BCUT2D eigenvalue weighted by atomic mass is 9.98. The van der Waals surface area contributed by atoms with Gasteiger partial charge in [0.05, 0.1) is 11.7 Å². The Balaban J connectivity index is 1.31. The molecule has 0 spiro atoms. The first-order chi connectivity index (χ1) is 17.1. The first-order valence-electron chi connectivity index (χ1n) is 12.3. The summed E-state index contributed by atoms with van der Waals surface area (Å²) in [7, 11) is 0. The number of piperidine rings is 1. The zero-order chi connectivity index (χ0) is 23.9. The van der Waals surface area contributed by atoms with Crippen molar-refractivity contribution in [2.24, 2.45) is 5.92 Å². The summed E-state index contributed by atoms with van der Waals surface area (Å²) >= 11 is 0. The van der Waals surface area contributed by atoms with Gasteiger partial charge < -0.3 is 9.80 Å². The highest BCUT2D eigenvalue weighted by Gasteiger charge is 2.31. The van der Waals surface area contributed by atoms with Crippen LogP contribution >= 0.6 is 0 Å². The molecule has 1 amide bonds. The Bertz CT molecular complexity index is 1360. The number of carbonyl (C=O) groups is 1. The Hall–Kier alpha value is -3.82. The van der Waals surface area contributed by atoms with Gasteiger partial charge in [-0.3, -0.25) is 9.36 Å². The Morgan fingerprint density at radius 2 is 1.94 bits per heavy atom. The van der Waals surface area contributed by atoms with Gasteiger partial charge in [-0.1, -0.05) is 6.92 Å². The molecule has 35 heavy (non-hydrogen) atoms. The number of likely N-dealkylation sites (tertiary alicyclic amines) is 1. The standard InChI is InChI=1S/C25H29N9O/c1-17-7-10-31(13-17)24-18(2)14-34-23(29-24)12-20(30-34)21-5-3-4-9-33(21)25(35)19-6-8-26-22(11-19)32-15-27-28-16-32/h6,8,11-12,14-17,21H,3-5,7,9-10,13H2,1-2H3/t17-,21-/m0/s1. The lowest BCUT2D eigenvalue weighted by Crippen LogP contribution is -2.38. The second kappa shape index (κ2) is 8.75. The summed E-state index contributed by atoms with van der Waals surface area (Å²) in [5.41, 5.74) is 3.44. The maximum Gasteiger partial charge on any atom is 0.254 e. The molecule has 10 heteroatoms. The molecule has 4 aromatic heterocycles. The molecule has 2 aliphatic rings. The fourth-order valence-corrected chi connectivity index (χ4v) is 5.29. The minimum Gasteiger partial charge on any atom is -0.356 e. The van der Waals surface area contributed by atoms with Crippen LogP contribution in [0.4, 0.5) is 5.82 Å². The van der Waals surface area contributed by atoms with Crippen LogP contribution in [0.25, 0.3) is 11.5 Å². The van der Waals surface area contributed by atoms with Crippen LogP contribution in [0.1, 0.15) is 60.3 Å². The molecule has 0 aromatic carbocycles. The number of anilines is 1. The predicted molar refractivity (Wildman–Crippen MR) is 131 cm³/mol. The molecule has 2 fully saturated rings. The summed E-state index contributed by atoms with van der Waals surface area (Å²) in [4.78, 5) is 27.3. The molecule has 0 saturated carbocycles. The second-order valence-corrected chi connectivity index (χ2v) is 9.74. The Labute approximate surface area is 203 Å². The Kier molecular flexibility index (Phi) is 5.43. The van der Waals surface area contributed by atoms with Gasteiger partial charge in [0.1, 0.15) is 24.3 Å². The average Bonchev–Trinajstić information content (AvgIpc) is 3.64. The number of fused-ring (bicyclic) bond motifs is 1. The summed E-state index contributed by atoms with van der Waals surface area (Å²) in [6, 6.07) is 5.52. The highest BCUT2D eigenvalue weighted by Crippen LogP contribution is 2.33. The van der Waals surface area contributed by atoms with Crippen LogP contribution in [-0.4, -0.2) is 64.8 Å². The number of aromatic nitrogens is 7. The molecule has 2 saturated heterocycles. The van der Waals surface area contributed by atoms with Crippen LogP contribution in [0.15, 0.2) is 43.2 Å². The summed E-state index contributed by atoms with van der Waals surface area (Å²) in [6.07, 6.45) is 11.0. The zero-order valence-electron chi connectivity index (χ0n) is 20.1. The van der Waals surface area contributed by atoms with Crippen molar-refractivity contribution in [1.29, 1.82) is 0 Å². The molecule has 6 rings (SSSR count). The van der Waals surface area contributed by atoms with Crippen molar-refractivity contribution in [3.63, 3.8) is 0 Å². The molecule has 4 aromatic rings. The number of hydrogen-bond acceptors (Lipinski definition) is 7. The molecule has 0 bridgehead atoms. The lowest BCUT2D eigenvalue weighted by Gasteiger charge is -2.34. The van der Waals surface area contributed by atoms with Crippen molar-refractivity contribution in [3.8, 4) is 5.82 Å². The van der Waals surface area contributed by atoms with Gasteiger partial charge in [-0.15, -0.1) is 10.2 Å². The number of carbonyl (C=O) groups excluding carboxylic acids is 1. The monoisotopic (exact) mass is 471 g/mol. The quantitative estimate of drug-likeness (QED) is 0.451. The number of amides is 1. The van der Waals surface area contributed by atoms with E-state index in [1.807, 2.05) is 15.5 Å². The SMILES string of the molecule is Cc1cn2nc([C@@H]3CCCCN3C(=O)c3ccnc(-n4cnnc4)c3)cc2nc1N1CC[C@H](C)C1. The van der Waals surface area contributed by atoms with E-state index in [0.29, 0.717) is 23.8 Å². The van der Waals surface area contributed by atoms with Crippen LogP contribution < -0.4 is 4.90 Å². The number of hydrogen-bond donors (Lipinski definition) is 0. The average molecular weight is 472 g/mol. The molecular weight excluding hydrogens is 442 g/mol. The third kappa shape index (κ3) is 4.02. The first kappa shape index (κ1) is 21.7. The molecule has 6 heterocycles. The summed E-state index contributed by atoms with van der Waals surface area (Å²) < 4.78 is 3.56. The van der Waals surface area contributed by atoms with Gasteiger partial charge in [-0.2, -0.15) is 5.10 Å². The second-order valence-electron chi connectivity index (χ2n) is 9.74. The van der Waals surface area contributed by atoms with E-state index in [1.54, 1.807) is 35.6 Å². The highest BCUT2D eigenvalue weighted by atomic mass is 16.2. The molecule has 0 radical (unpaired) electrons. The minimum atomic E-state index is -0.0833. The molecule has 2 aliphatic heterocycles. The topological polar surface area (TPSA) is 97.3 Å². The summed E-state index contributed by atoms with van der Waals surface area (Å²) in [5, 5.41) is 12.5. The normalized spacial score (nSPS) is 20.6. The molecular formula is C25H29N9O. The van der Waals surface area contributed by atoms with Gasteiger partial charge in [-0.05, 0) is 50.7 Å². The number of nitrogens with zero attached hydrogens (tertiary/aromatic N) is 9. The smallest absolute Gasteiger partial charge is 0.254 e. The summed E-state index contributed by atoms with van der Waals surface area (Å²) in [5.74, 6) is 2.33. The first-order valence-corrected chi connectivity index (χ1v) is 12.3. The van der Waals surface area contributed by atoms with E-state index >= 15 is 0 Å². The van der Waals surface area contributed by atoms with Gasteiger partial charge in [0.15, 0.2) is 5.65 Å². The molecule has 0 N–H and O–H groups in total. The van der Waals surface area contributed by atoms with Gasteiger partial charge in [0, 0.05) is 49.2 Å². The van der Waals surface area contributed by atoms with E-state index in [1.165, 1.54) is 6.42 Å². The predicted octanol–water partition coefficient (Wildman–Crippen LogP) is 3.23. The maximum atomic E-state index is 13.6. The van der Waals surface area contributed by atoms with E-state index in [-0.39, 0.29) is 11.9 Å². The fraction of sp³-hybridized carbons (Fsp3) is 0.440. The maximum absolute atomic E-state index is 13.6. The van der Waals surface area contributed by atoms with Crippen molar-refractivity contribution >= 4 is 17.4 Å². The van der Waals surface area contributed by atoms with Crippen molar-refractivity contribution in [2.45, 2.75) is 45.6 Å². The van der Waals surface area contributed by atoms with Crippen molar-refractivity contribution in [3.05, 3.63) is 60.1 Å². The van der Waals surface area contributed by atoms with E-state index in [0.717, 1.165) is 55.1 Å². The van der Waals surface area contributed by atoms with E-state index in [4.69, 9.17) is 10.1 Å². The lowest BCUT2D eigenvalue weighted by molar-refractivity contribution is 0.0605. The van der Waals surface area contributed by atoms with Crippen LogP contribution in [-0.2, 0) is 0 Å². The van der Waals surface area contributed by atoms with E-state index in [9.17, 15) is 4.79 Å². The molecule has 0 unspecified atom stereocenters. The minimum absolute atomic E-state index is 0.0145. The molecule has 0 aliphatic carbocycles. The van der Waals surface area contributed by atoms with Crippen molar-refractivity contribution in [2.75, 3.05) is 24.5 Å². The molecule has 180 valence electrons. The number of aryl methyl sites for hydroxylation is 1. The fourth-order valence-electron chi connectivity index (χ4n) is 5.29. The number of pyridine rings is 1. The van der Waals surface area contributed by atoms with Crippen molar-refractivity contribution < 1.29 is 4.79 Å². The Morgan fingerprint density at radius 1 is 1.09 bits per heavy atom. The molecule has 10 nitrogen and oxygen atoms in total. The number of rotatable bonds is 4. The van der Waals surface area contributed by atoms with Crippen LogP contribution in [0.3, 0.4) is 0 Å². The van der Waals surface area contributed by atoms with Crippen LogP contribution in [0.5, 0.6) is 0 Å². The Morgan fingerprint density at radius 3 is 2.74 bits per heavy atom. The highest BCUT2D eigenvalue weighted by molar-refractivity contribution is 5.95. The van der Waals surface area contributed by atoms with Gasteiger partial charge >= 0.3 is 0 Å². The van der Waals surface area contributed by atoms with Gasteiger partial charge in [-0.25, -0.2) is 14.5 Å². The van der Waals surface area contributed by atoms with Gasteiger partial charge in [0.2, 0.25) is 0 Å². The van der Waals surface area contributed by atoms with Gasteiger partial charge in [0.25, 0.3) is 5.91 Å². The van der Waals surface area contributed by atoms with E-state index < -0.39 is 0 Å². The molecule has 2 atom stereocenters. The van der Waals surface area contributed by atoms with E-state index in [2.05, 4.69) is 40.1 Å². The van der Waals surface area contributed by atoms with Crippen LogP contribution in [0.2, 0.25) is 0 Å². The third-order valence-electron chi connectivity index (χ3n) is 7.13. The largest absolute Gasteiger partial charge is 0.356 e. The van der Waals surface area contributed by atoms with Crippen molar-refractivity contribution in [1.82, 2.24) is 39.2 Å². The zero-order valence-corrected chi connectivity index (χ0v) is 20.1. The third-order valence-corrected chi connectivity index (χ3v) is 7.13.